The van der Waals surface area contributed by atoms with Gasteiger partial charge in [0.25, 0.3) is 0 Å². The fourth-order valence-electron chi connectivity index (χ4n) is 1.23. The molecule has 15 heavy (non-hydrogen) atoms. The normalized spacial score (nSPS) is 12.3. The number of nitrogens with two attached hydrogens (primary N) is 1. The van der Waals surface area contributed by atoms with Gasteiger partial charge in [-0.1, -0.05) is 17.7 Å². The highest BCUT2D eigenvalue weighted by atomic mass is 35.5. The summed E-state index contributed by atoms with van der Waals surface area (Å²) in [6.07, 6.45) is 0.499. The van der Waals surface area contributed by atoms with Crippen molar-refractivity contribution in [3.8, 4) is 5.75 Å². The third-order valence-electron chi connectivity index (χ3n) is 2.19. The number of halogens is 1. The summed E-state index contributed by atoms with van der Waals surface area (Å²) in [5.74, 6) is 0.596. The number of hydrogen-bond donors (Lipinski definition) is 1. The minimum absolute atomic E-state index is 0.0260. The van der Waals surface area contributed by atoms with Crippen molar-refractivity contribution in [3.05, 3.63) is 28.8 Å². The van der Waals surface area contributed by atoms with E-state index < -0.39 is 6.04 Å². The molecule has 0 saturated heterocycles. The molecule has 1 rings (SSSR count). The van der Waals surface area contributed by atoms with Crippen LogP contribution in [0.25, 0.3) is 0 Å². The topological polar surface area (TPSA) is 52.3 Å². The molecule has 0 unspecified atom stereocenters. The lowest BCUT2D eigenvalue weighted by molar-refractivity contribution is -0.118. The van der Waals surface area contributed by atoms with Crippen molar-refractivity contribution >= 4 is 17.4 Å². The standard InChI is InChI=1S/C11H14ClNO2/c1-7(14)10(13)6-8-3-4-11(15-2)9(12)5-8/h3-5,10H,6,13H2,1-2H3/t10-/m0/s1. The van der Waals surface area contributed by atoms with E-state index in [9.17, 15) is 4.79 Å². The Kier molecular flexibility index (Phi) is 4.12. The summed E-state index contributed by atoms with van der Waals surface area (Å²) in [7, 11) is 1.56. The van der Waals surface area contributed by atoms with Crippen molar-refractivity contribution in [3.63, 3.8) is 0 Å². The highest BCUT2D eigenvalue weighted by Gasteiger charge is 2.10. The quantitative estimate of drug-likeness (QED) is 0.854. The molecule has 4 heteroatoms. The molecule has 0 aliphatic carbocycles. The maximum absolute atomic E-state index is 11.0. The molecule has 2 N–H and O–H groups in total. The molecule has 0 fully saturated rings. The number of ether oxygens (including phenoxy) is 1. The minimum atomic E-state index is -0.463. The zero-order chi connectivity index (χ0) is 11.4. The van der Waals surface area contributed by atoms with Gasteiger partial charge in [0, 0.05) is 0 Å². The molecule has 0 aromatic heterocycles. The first-order chi connectivity index (χ1) is 7.04. The SMILES string of the molecule is COc1ccc(C[C@H](N)C(C)=O)cc1Cl. The fourth-order valence-corrected chi connectivity index (χ4v) is 1.51. The van der Waals surface area contributed by atoms with E-state index in [1.807, 2.05) is 6.07 Å². The van der Waals surface area contributed by atoms with E-state index in [2.05, 4.69) is 0 Å². The van der Waals surface area contributed by atoms with Gasteiger partial charge in [-0.3, -0.25) is 4.79 Å². The number of hydrogen-bond acceptors (Lipinski definition) is 3. The van der Waals surface area contributed by atoms with Gasteiger partial charge in [0.1, 0.15) is 11.5 Å². The highest BCUT2D eigenvalue weighted by molar-refractivity contribution is 6.32. The summed E-state index contributed by atoms with van der Waals surface area (Å²) < 4.78 is 5.02. The van der Waals surface area contributed by atoms with Gasteiger partial charge in [-0.25, -0.2) is 0 Å². The Morgan fingerprint density at radius 2 is 2.27 bits per heavy atom. The van der Waals surface area contributed by atoms with E-state index >= 15 is 0 Å². The number of Topliss-reactive ketones (excluding diaryl/α,β-unsaturated/α-hetero) is 1. The average molecular weight is 228 g/mol. The molecule has 1 aromatic rings. The third-order valence-corrected chi connectivity index (χ3v) is 2.49. The predicted molar refractivity (Wildman–Crippen MR) is 60.4 cm³/mol. The molecule has 0 heterocycles. The van der Waals surface area contributed by atoms with Crippen LogP contribution in [-0.2, 0) is 11.2 Å². The summed E-state index contributed by atoms with van der Waals surface area (Å²) in [6, 6.07) is 4.93. The Hall–Kier alpha value is -1.06. The van der Waals surface area contributed by atoms with Crippen LogP contribution in [0.5, 0.6) is 5.75 Å². The monoisotopic (exact) mass is 227 g/mol. The molecule has 3 nitrogen and oxygen atoms in total. The van der Waals surface area contributed by atoms with Crippen molar-refractivity contribution < 1.29 is 9.53 Å². The Morgan fingerprint density at radius 3 is 2.73 bits per heavy atom. The number of carbonyl (C=O) groups is 1. The van der Waals surface area contributed by atoms with Crippen molar-refractivity contribution in [1.29, 1.82) is 0 Å². The maximum atomic E-state index is 11.0. The van der Waals surface area contributed by atoms with Gasteiger partial charge in [0.05, 0.1) is 18.2 Å². The van der Waals surface area contributed by atoms with Crippen LogP contribution in [0.4, 0.5) is 0 Å². The second-order valence-corrected chi connectivity index (χ2v) is 3.80. The largest absolute Gasteiger partial charge is 0.495 e. The summed E-state index contributed by atoms with van der Waals surface area (Å²) in [5.41, 5.74) is 6.58. The van der Waals surface area contributed by atoms with Crippen molar-refractivity contribution in [2.45, 2.75) is 19.4 Å². The van der Waals surface area contributed by atoms with Crippen molar-refractivity contribution in [2.75, 3.05) is 7.11 Å². The van der Waals surface area contributed by atoms with Crippen LogP contribution >= 0.6 is 11.6 Å². The first kappa shape index (κ1) is 12.0. The molecule has 0 spiro atoms. The zero-order valence-corrected chi connectivity index (χ0v) is 9.54. The van der Waals surface area contributed by atoms with E-state index in [0.717, 1.165) is 5.56 Å². The molecule has 0 amide bonds. The summed E-state index contributed by atoms with van der Waals surface area (Å²) in [5, 5.41) is 0.533. The van der Waals surface area contributed by atoms with Crippen LogP contribution in [0.3, 0.4) is 0 Å². The fraction of sp³-hybridized carbons (Fsp3) is 0.364. The van der Waals surface area contributed by atoms with Crippen LogP contribution < -0.4 is 10.5 Å². The smallest absolute Gasteiger partial charge is 0.146 e. The van der Waals surface area contributed by atoms with E-state index in [4.69, 9.17) is 22.1 Å². The highest BCUT2D eigenvalue weighted by Crippen LogP contribution is 2.25. The van der Waals surface area contributed by atoms with Crippen LogP contribution in [0.2, 0.25) is 5.02 Å². The Morgan fingerprint density at radius 1 is 1.60 bits per heavy atom. The average Bonchev–Trinajstić information content (AvgIpc) is 2.18. The van der Waals surface area contributed by atoms with Gasteiger partial charge in [-0.15, -0.1) is 0 Å². The molecule has 0 aliphatic rings. The Bertz CT molecular complexity index is 366. The van der Waals surface area contributed by atoms with Crippen molar-refractivity contribution in [2.24, 2.45) is 5.73 Å². The maximum Gasteiger partial charge on any atom is 0.146 e. The lowest BCUT2D eigenvalue weighted by atomic mass is 10.0. The van der Waals surface area contributed by atoms with Crippen molar-refractivity contribution in [1.82, 2.24) is 0 Å². The predicted octanol–water partition coefficient (Wildman–Crippen LogP) is 1.81. The Balaban J connectivity index is 2.79. The molecule has 82 valence electrons. The second kappa shape index (κ2) is 5.14. The van der Waals surface area contributed by atoms with Gasteiger partial charge in [-0.2, -0.15) is 0 Å². The third kappa shape index (κ3) is 3.22. The van der Waals surface area contributed by atoms with Crippen LogP contribution in [0.15, 0.2) is 18.2 Å². The van der Waals surface area contributed by atoms with E-state index in [1.165, 1.54) is 6.92 Å². The lowest BCUT2D eigenvalue weighted by Crippen LogP contribution is -2.30. The number of rotatable bonds is 4. The van der Waals surface area contributed by atoms with Crippen LogP contribution in [-0.4, -0.2) is 18.9 Å². The van der Waals surface area contributed by atoms with Gasteiger partial charge in [-0.05, 0) is 31.0 Å². The van der Waals surface area contributed by atoms with E-state index in [1.54, 1.807) is 19.2 Å². The number of benzene rings is 1. The van der Waals surface area contributed by atoms with E-state index in [-0.39, 0.29) is 5.78 Å². The first-order valence-electron chi connectivity index (χ1n) is 4.63. The minimum Gasteiger partial charge on any atom is -0.495 e. The number of methoxy groups -OCH3 is 1. The Labute approximate surface area is 94.2 Å². The van der Waals surface area contributed by atoms with Crippen LogP contribution in [0, 0.1) is 0 Å². The lowest BCUT2D eigenvalue weighted by Gasteiger charge is -2.09. The summed E-state index contributed by atoms with van der Waals surface area (Å²) in [6.45, 7) is 1.48. The first-order valence-corrected chi connectivity index (χ1v) is 5.01. The van der Waals surface area contributed by atoms with Gasteiger partial charge < -0.3 is 10.5 Å². The number of ketones is 1. The molecule has 0 aliphatic heterocycles. The van der Waals surface area contributed by atoms with E-state index in [0.29, 0.717) is 17.2 Å². The molecule has 0 bridgehead atoms. The van der Waals surface area contributed by atoms with Gasteiger partial charge in [0.2, 0.25) is 0 Å². The molecule has 1 aromatic carbocycles. The van der Waals surface area contributed by atoms with Crippen LogP contribution in [0.1, 0.15) is 12.5 Å². The summed E-state index contributed by atoms with van der Waals surface area (Å²) >= 11 is 5.94. The summed E-state index contributed by atoms with van der Waals surface area (Å²) in [4.78, 5) is 11.0. The molecule has 0 radical (unpaired) electrons. The molecule has 0 saturated carbocycles. The number of carbonyl (C=O) groups excluding carboxylic acids is 1. The molecular formula is C11H14ClNO2. The molecular weight excluding hydrogens is 214 g/mol. The van der Waals surface area contributed by atoms with Gasteiger partial charge >= 0.3 is 0 Å². The zero-order valence-electron chi connectivity index (χ0n) is 8.79. The molecule has 1 atom stereocenters. The second-order valence-electron chi connectivity index (χ2n) is 3.39. The van der Waals surface area contributed by atoms with Gasteiger partial charge in [0.15, 0.2) is 0 Å².